The normalized spacial score (nSPS) is 11.6. The second kappa shape index (κ2) is 14.7. The van der Waals surface area contributed by atoms with E-state index < -0.39 is 15.6 Å². The van der Waals surface area contributed by atoms with Gasteiger partial charge in [0.15, 0.2) is 36.7 Å². The number of halogens is 3. The molecule has 1 N–H and O–H groups in total. The van der Waals surface area contributed by atoms with Gasteiger partial charge in [0.05, 0.1) is 21.1 Å². The van der Waals surface area contributed by atoms with Gasteiger partial charge in [0, 0.05) is 12.2 Å². The molecule has 0 atom stereocenters. The van der Waals surface area contributed by atoms with Crippen LogP contribution >= 0.6 is 11.3 Å². The number of nitrogens with one attached hydrogen (secondary N) is 1. The lowest BCUT2D eigenvalue weighted by atomic mass is 10.2. The molecule has 14 heteroatoms. The minimum Gasteiger partial charge on any atom is -0.741 e. The van der Waals surface area contributed by atoms with Crippen LogP contribution < -0.4 is 10.1 Å². The zero-order chi connectivity index (χ0) is 31.7. The van der Waals surface area contributed by atoms with E-state index in [1.165, 1.54) is 21.1 Å². The van der Waals surface area contributed by atoms with Crippen molar-refractivity contribution in [3.8, 4) is 5.75 Å². The summed E-state index contributed by atoms with van der Waals surface area (Å²) in [6.07, 6.45) is 0. The largest absolute Gasteiger partial charge is 0.741 e. The number of anilines is 1. The molecule has 1 amide bonds. The van der Waals surface area contributed by atoms with Crippen LogP contribution in [0.1, 0.15) is 17.3 Å². The first-order valence-electron chi connectivity index (χ1n) is 12.9. The molecule has 0 aliphatic carbocycles. The van der Waals surface area contributed by atoms with Crippen LogP contribution in [0.25, 0.3) is 10.2 Å². The van der Waals surface area contributed by atoms with Crippen LogP contribution in [-0.2, 0) is 25.7 Å². The van der Waals surface area contributed by atoms with Crippen molar-refractivity contribution in [2.45, 2.75) is 27.1 Å². The summed E-state index contributed by atoms with van der Waals surface area (Å²) in [5.41, 5.74) is -4.25. The van der Waals surface area contributed by atoms with Crippen LogP contribution in [0.4, 0.5) is 18.3 Å². The van der Waals surface area contributed by atoms with Crippen molar-refractivity contribution in [1.82, 2.24) is 4.98 Å². The number of aromatic nitrogens is 1. The van der Waals surface area contributed by atoms with E-state index in [2.05, 4.69) is 58.8 Å². The van der Waals surface area contributed by atoms with Crippen LogP contribution in [0, 0.1) is 0 Å². The summed E-state index contributed by atoms with van der Waals surface area (Å²) in [6, 6.07) is 34.4. The second-order valence-corrected chi connectivity index (χ2v) is 13.1. The minimum absolute atomic E-state index is 0.187. The van der Waals surface area contributed by atoms with E-state index in [-0.39, 0.29) is 23.6 Å². The Morgan fingerprint density at radius 2 is 1.45 bits per heavy atom. The maximum absolute atomic E-state index is 13.0. The van der Waals surface area contributed by atoms with Crippen LogP contribution in [0.2, 0.25) is 0 Å². The fourth-order valence-corrected chi connectivity index (χ4v) is 6.65. The molecule has 0 aliphatic heterocycles. The molecule has 0 spiro atoms. The van der Waals surface area contributed by atoms with Gasteiger partial charge in [0.25, 0.3) is 5.91 Å². The topological polar surface area (TPSA) is 118 Å². The van der Waals surface area contributed by atoms with E-state index in [4.69, 9.17) is 22.4 Å². The summed E-state index contributed by atoms with van der Waals surface area (Å²) in [5, 5.41) is 3.49. The Morgan fingerprint density at radius 1 is 0.909 bits per heavy atom. The Bertz CT molecular complexity index is 1740. The third-order valence-electron chi connectivity index (χ3n) is 5.69. The Balaban J connectivity index is 0.000000488. The Kier molecular flexibility index (Phi) is 11.0. The van der Waals surface area contributed by atoms with E-state index in [1.807, 2.05) is 61.5 Å². The van der Waals surface area contributed by atoms with Crippen LogP contribution in [0.5, 0.6) is 5.75 Å². The third kappa shape index (κ3) is 8.80. The van der Waals surface area contributed by atoms with E-state index in [0.29, 0.717) is 23.1 Å². The molecule has 5 aromatic rings. The zero-order valence-corrected chi connectivity index (χ0v) is 25.4. The van der Waals surface area contributed by atoms with Crippen molar-refractivity contribution in [3.05, 3.63) is 109 Å². The van der Waals surface area contributed by atoms with E-state index >= 15 is 0 Å². The number of hydrogen-bond acceptors (Lipinski definition) is 8. The van der Waals surface area contributed by atoms with Gasteiger partial charge in [0.2, 0.25) is 0 Å². The van der Waals surface area contributed by atoms with E-state index in [0.717, 1.165) is 15.1 Å². The molecule has 230 valence electrons. The highest BCUT2D eigenvalue weighted by Crippen LogP contribution is 2.32. The quantitative estimate of drug-likeness (QED) is 0.0590. The molecule has 44 heavy (non-hydrogen) atoms. The molecule has 1 heterocycles. The predicted molar refractivity (Wildman–Crippen MR) is 162 cm³/mol. The molecule has 0 aliphatic rings. The van der Waals surface area contributed by atoms with Gasteiger partial charge in [-0.15, -0.1) is 0 Å². The lowest BCUT2D eigenvalue weighted by Crippen LogP contribution is -2.21. The van der Waals surface area contributed by atoms with Gasteiger partial charge < -0.3 is 14.0 Å². The van der Waals surface area contributed by atoms with Crippen LogP contribution in [-0.4, -0.2) is 42.8 Å². The summed E-state index contributed by atoms with van der Waals surface area (Å²) < 4.78 is 70.7. The third-order valence-corrected chi connectivity index (χ3v) is 9.42. The fourth-order valence-electron chi connectivity index (χ4n) is 3.67. The molecule has 1 aromatic heterocycles. The highest BCUT2D eigenvalue weighted by atomic mass is 32.2. The molecule has 0 saturated carbocycles. The van der Waals surface area contributed by atoms with Gasteiger partial charge in [0.1, 0.15) is 5.75 Å². The molecule has 0 fully saturated rings. The van der Waals surface area contributed by atoms with Gasteiger partial charge >= 0.3 is 5.51 Å². The maximum Gasteiger partial charge on any atom is 0.485 e. The molecular weight excluding hydrogens is 638 g/mol. The van der Waals surface area contributed by atoms with Gasteiger partial charge in [-0.2, -0.15) is 13.2 Å². The molecule has 0 unspecified atom stereocenters. The number of carbonyl (C=O) groups excluding carboxylic acids is 1. The number of rotatable bonds is 9. The standard InChI is InChI=1S/C29H24N2O3S2.CHF3O3S/c1-2-33-20-34-22-15-18-26-27(19-22)35-29(30-26)31-28(32)21-13-16-25(17-14-21)36(23-9-5-3-6-10-23)24-11-7-4-8-12-24;2-1(3,4)8(5,6)7/h3-19H,2,20H2,1H3;(H,5,6,7). The first-order chi connectivity index (χ1) is 21.0. The van der Waals surface area contributed by atoms with Gasteiger partial charge in [-0.05, 0) is 73.7 Å². The SMILES string of the molecule is CCOCOc1ccc2nc(NC(=O)c3ccc([S+](c4ccccc4)c4ccccc4)cc3)sc2c1.O=S(=O)([O-])C(F)(F)F. The predicted octanol–water partition coefficient (Wildman–Crippen LogP) is 7.07. The average Bonchev–Trinajstić information content (AvgIpc) is 3.40. The van der Waals surface area contributed by atoms with Gasteiger partial charge in [-0.25, -0.2) is 13.4 Å². The summed E-state index contributed by atoms with van der Waals surface area (Å²) in [4.78, 5) is 21.1. The van der Waals surface area contributed by atoms with E-state index in [9.17, 15) is 18.0 Å². The summed E-state index contributed by atoms with van der Waals surface area (Å²) in [5.74, 6) is 0.521. The van der Waals surface area contributed by atoms with Crippen LogP contribution in [0.15, 0.2) is 118 Å². The van der Waals surface area contributed by atoms with Crippen molar-refractivity contribution in [2.75, 3.05) is 18.7 Å². The molecule has 8 nitrogen and oxygen atoms in total. The molecule has 0 saturated heterocycles. The summed E-state index contributed by atoms with van der Waals surface area (Å²) in [7, 11) is -6.34. The second-order valence-electron chi connectivity index (χ2n) is 8.71. The fraction of sp³-hybridized carbons (Fsp3) is 0.133. The highest BCUT2D eigenvalue weighted by Gasteiger charge is 2.37. The number of hydrogen-bond donors (Lipinski definition) is 1. The summed E-state index contributed by atoms with van der Waals surface area (Å²) >= 11 is 1.41. The Labute approximate surface area is 258 Å². The first kappa shape index (κ1) is 33.0. The molecule has 4 aromatic carbocycles. The molecule has 0 radical (unpaired) electrons. The summed E-state index contributed by atoms with van der Waals surface area (Å²) in [6.45, 7) is 2.72. The highest BCUT2D eigenvalue weighted by molar-refractivity contribution is 7.97. The number of fused-ring (bicyclic) bond motifs is 1. The number of ether oxygens (including phenoxy) is 2. The first-order valence-corrected chi connectivity index (χ1v) is 16.3. The average molecular weight is 663 g/mol. The lowest BCUT2D eigenvalue weighted by molar-refractivity contribution is -0.0517. The van der Waals surface area contributed by atoms with Crippen LogP contribution in [0.3, 0.4) is 0 Å². The van der Waals surface area contributed by atoms with Gasteiger partial charge in [-0.3, -0.25) is 10.1 Å². The molecule has 5 rings (SSSR count). The zero-order valence-electron chi connectivity index (χ0n) is 23.0. The van der Waals surface area contributed by atoms with Gasteiger partial charge in [-0.1, -0.05) is 47.7 Å². The minimum atomic E-state index is -6.09. The lowest BCUT2D eigenvalue weighted by Gasteiger charge is -2.08. The Morgan fingerprint density at radius 3 is 1.98 bits per heavy atom. The number of benzene rings is 4. The van der Waals surface area contributed by atoms with E-state index in [1.54, 1.807) is 0 Å². The Hall–Kier alpha value is -3.95. The molecular formula is C30H25F3N2O6S3. The monoisotopic (exact) mass is 662 g/mol. The number of carbonyl (C=O) groups is 1. The van der Waals surface area contributed by atoms with Crippen molar-refractivity contribution in [3.63, 3.8) is 0 Å². The van der Waals surface area contributed by atoms with Crippen molar-refractivity contribution < 1.29 is 40.4 Å². The number of thiazole rings is 1. The number of amides is 1. The van der Waals surface area contributed by atoms with Crippen molar-refractivity contribution >= 4 is 53.6 Å². The number of nitrogens with zero attached hydrogens (tertiary/aromatic N) is 1. The van der Waals surface area contributed by atoms with Crippen molar-refractivity contribution in [2.24, 2.45) is 0 Å². The molecule has 0 bridgehead atoms. The van der Waals surface area contributed by atoms with Crippen molar-refractivity contribution in [1.29, 1.82) is 0 Å². The maximum atomic E-state index is 13.0. The number of alkyl halides is 3. The smallest absolute Gasteiger partial charge is 0.485 e.